The maximum absolute atomic E-state index is 12.1. The van der Waals surface area contributed by atoms with Gasteiger partial charge < -0.3 is 4.74 Å². The lowest BCUT2D eigenvalue weighted by molar-refractivity contribution is -0.116. The van der Waals surface area contributed by atoms with E-state index in [9.17, 15) is 4.79 Å². The molecule has 1 aromatic heterocycles. The van der Waals surface area contributed by atoms with Crippen LogP contribution in [-0.2, 0) is 10.2 Å². The summed E-state index contributed by atoms with van der Waals surface area (Å²) >= 11 is 1.81. The third-order valence-electron chi connectivity index (χ3n) is 6.06. The van der Waals surface area contributed by atoms with Gasteiger partial charge in [0.2, 0.25) is 5.88 Å². The highest BCUT2D eigenvalue weighted by molar-refractivity contribution is 7.97. The fourth-order valence-corrected chi connectivity index (χ4v) is 5.27. The molecule has 1 fully saturated rings. The lowest BCUT2D eigenvalue weighted by Crippen LogP contribution is -2.47. The Morgan fingerprint density at radius 1 is 1.13 bits per heavy atom. The number of nitrogens with zero attached hydrogens (tertiary/aromatic N) is 2. The van der Waals surface area contributed by atoms with Crippen LogP contribution in [0.4, 0.5) is 0 Å². The van der Waals surface area contributed by atoms with Crippen LogP contribution in [0.5, 0.6) is 5.88 Å². The SMILES string of the molecule is CC(C)(C)c1ccc(SN2CCC3=CC(=O)CCC3(COc3ccccn3)C2)cc1. The Hall–Kier alpha value is -2.11. The molecule has 0 spiro atoms. The third-order valence-corrected chi connectivity index (χ3v) is 7.12. The molecule has 0 saturated carbocycles. The zero-order valence-electron chi connectivity index (χ0n) is 18.1. The highest BCUT2D eigenvalue weighted by Gasteiger charge is 2.43. The lowest BCUT2D eigenvalue weighted by atomic mass is 9.69. The molecule has 0 radical (unpaired) electrons. The molecule has 0 N–H and O–H groups in total. The number of carbonyl (C=O) groups is 1. The Kier molecular flexibility index (Phi) is 6.03. The lowest BCUT2D eigenvalue weighted by Gasteiger charge is -2.45. The van der Waals surface area contributed by atoms with Crippen LogP contribution < -0.4 is 4.74 Å². The van der Waals surface area contributed by atoms with Crippen molar-refractivity contribution >= 4 is 17.7 Å². The molecule has 0 bridgehead atoms. The first-order chi connectivity index (χ1) is 14.3. The van der Waals surface area contributed by atoms with Crippen molar-refractivity contribution in [1.29, 1.82) is 0 Å². The summed E-state index contributed by atoms with van der Waals surface area (Å²) in [4.78, 5) is 17.6. The number of allylic oxidation sites excluding steroid dienone is 1. The maximum Gasteiger partial charge on any atom is 0.213 e. The molecule has 1 aromatic carbocycles. The van der Waals surface area contributed by atoms with E-state index in [1.807, 2.05) is 36.2 Å². The summed E-state index contributed by atoms with van der Waals surface area (Å²) < 4.78 is 8.53. The molecule has 2 heterocycles. The number of hydrogen-bond donors (Lipinski definition) is 0. The highest BCUT2D eigenvalue weighted by atomic mass is 32.2. The van der Waals surface area contributed by atoms with Gasteiger partial charge >= 0.3 is 0 Å². The van der Waals surface area contributed by atoms with Crippen molar-refractivity contribution in [3.8, 4) is 5.88 Å². The Morgan fingerprint density at radius 3 is 2.63 bits per heavy atom. The molecule has 158 valence electrons. The maximum atomic E-state index is 12.1. The fraction of sp³-hybridized carbons (Fsp3) is 0.440. The number of aromatic nitrogens is 1. The van der Waals surface area contributed by atoms with Crippen molar-refractivity contribution < 1.29 is 9.53 Å². The topological polar surface area (TPSA) is 42.4 Å². The van der Waals surface area contributed by atoms with Gasteiger partial charge in [0.15, 0.2) is 5.78 Å². The van der Waals surface area contributed by atoms with Gasteiger partial charge in [-0.1, -0.05) is 44.5 Å². The number of piperidine rings is 1. The minimum Gasteiger partial charge on any atom is -0.477 e. The highest BCUT2D eigenvalue weighted by Crippen LogP contribution is 2.45. The smallest absolute Gasteiger partial charge is 0.213 e. The fourth-order valence-electron chi connectivity index (χ4n) is 4.22. The summed E-state index contributed by atoms with van der Waals surface area (Å²) in [7, 11) is 0. The zero-order chi connectivity index (χ0) is 21.2. The van der Waals surface area contributed by atoms with Gasteiger partial charge in [-0.05, 0) is 60.0 Å². The predicted molar refractivity (Wildman–Crippen MR) is 122 cm³/mol. The van der Waals surface area contributed by atoms with E-state index in [0.717, 1.165) is 25.9 Å². The van der Waals surface area contributed by atoms with E-state index in [1.165, 1.54) is 16.0 Å². The van der Waals surface area contributed by atoms with Gasteiger partial charge in [0.25, 0.3) is 0 Å². The first-order valence-electron chi connectivity index (χ1n) is 10.7. The average molecular weight is 423 g/mol. The number of fused-ring (bicyclic) bond motifs is 1. The largest absolute Gasteiger partial charge is 0.477 e. The van der Waals surface area contributed by atoms with E-state index < -0.39 is 0 Å². The molecule has 5 heteroatoms. The summed E-state index contributed by atoms with van der Waals surface area (Å²) in [6, 6.07) is 14.6. The first kappa shape index (κ1) is 21.1. The molecule has 30 heavy (non-hydrogen) atoms. The average Bonchev–Trinajstić information content (AvgIpc) is 2.73. The Bertz CT molecular complexity index is 918. The molecule has 1 saturated heterocycles. The van der Waals surface area contributed by atoms with Crippen molar-refractivity contribution in [3.63, 3.8) is 0 Å². The quantitative estimate of drug-likeness (QED) is 0.600. The second kappa shape index (κ2) is 8.56. The van der Waals surface area contributed by atoms with Crippen LogP contribution in [0.15, 0.2) is 65.2 Å². The van der Waals surface area contributed by atoms with Crippen molar-refractivity contribution in [2.24, 2.45) is 5.41 Å². The monoisotopic (exact) mass is 422 g/mol. The Labute approximate surface area is 183 Å². The van der Waals surface area contributed by atoms with Gasteiger partial charge in [0, 0.05) is 42.1 Å². The van der Waals surface area contributed by atoms with Crippen LogP contribution in [0.3, 0.4) is 0 Å². The number of hydrogen-bond acceptors (Lipinski definition) is 5. The van der Waals surface area contributed by atoms with Crippen molar-refractivity contribution in [1.82, 2.24) is 9.29 Å². The van der Waals surface area contributed by atoms with Gasteiger partial charge in [0.1, 0.15) is 6.61 Å². The molecule has 4 rings (SSSR count). The van der Waals surface area contributed by atoms with E-state index in [1.54, 1.807) is 6.20 Å². The van der Waals surface area contributed by atoms with Crippen molar-refractivity contribution in [2.45, 2.75) is 50.3 Å². The molecule has 1 aliphatic heterocycles. The standard InChI is InChI=1S/C25H30N2O2S/c1-24(2,3)19-7-9-22(10-8-19)30-27-15-12-20-16-21(28)11-13-25(20,17-27)18-29-23-6-4-5-14-26-23/h4-10,14,16H,11-13,15,17-18H2,1-3H3. The minimum atomic E-state index is -0.123. The second-order valence-electron chi connectivity index (χ2n) is 9.35. The summed E-state index contributed by atoms with van der Waals surface area (Å²) in [6.45, 7) is 9.10. The molecule has 1 atom stereocenters. The van der Waals surface area contributed by atoms with Crippen LogP contribution in [0.2, 0.25) is 0 Å². The summed E-state index contributed by atoms with van der Waals surface area (Å²) in [6.07, 6.45) is 5.96. The first-order valence-corrected chi connectivity index (χ1v) is 11.4. The molecule has 2 aliphatic rings. The van der Waals surface area contributed by atoms with Crippen LogP contribution in [0, 0.1) is 5.41 Å². The number of carbonyl (C=O) groups excluding carboxylic acids is 1. The van der Waals surface area contributed by atoms with Crippen molar-refractivity contribution in [3.05, 3.63) is 65.9 Å². The number of pyridine rings is 1. The van der Waals surface area contributed by atoms with Crippen LogP contribution in [0.25, 0.3) is 0 Å². The van der Waals surface area contributed by atoms with Crippen LogP contribution in [0.1, 0.15) is 45.6 Å². The van der Waals surface area contributed by atoms with Gasteiger partial charge in [-0.15, -0.1) is 0 Å². The van der Waals surface area contributed by atoms with Gasteiger partial charge in [-0.25, -0.2) is 9.29 Å². The molecule has 1 unspecified atom stereocenters. The molecule has 0 amide bonds. The van der Waals surface area contributed by atoms with Gasteiger partial charge in [-0.2, -0.15) is 0 Å². The van der Waals surface area contributed by atoms with Crippen LogP contribution in [-0.4, -0.2) is 34.8 Å². The molecular formula is C25H30N2O2S. The van der Waals surface area contributed by atoms with Gasteiger partial charge in [-0.3, -0.25) is 4.79 Å². The van der Waals surface area contributed by atoms with E-state index in [4.69, 9.17) is 4.74 Å². The van der Waals surface area contributed by atoms with Gasteiger partial charge in [0.05, 0.1) is 0 Å². The van der Waals surface area contributed by atoms with E-state index in [0.29, 0.717) is 18.9 Å². The summed E-state index contributed by atoms with van der Waals surface area (Å²) in [5, 5.41) is 0. The number of ether oxygens (including phenoxy) is 1. The van der Waals surface area contributed by atoms with Crippen LogP contribution >= 0.6 is 11.9 Å². The normalized spacial score (nSPS) is 22.4. The van der Waals surface area contributed by atoms with Crippen molar-refractivity contribution in [2.75, 3.05) is 19.7 Å². The number of rotatable bonds is 5. The third kappa shape index (κ3) is 4.79. The second-order valence-corrected chi connectivity index (χ2v) is 10.5. The molecule has 4 nitrogen and oxygen atoms in total. The molecule has 1 aliphatic carbocycles. The predicted octanol–water partition coefficient (Wildman–Crippen LogP) is 5.45. The van der Waals surface area contributed by atoms with E-state index in [-0.39, 0.29) is 16.6 Å². The Balaban J connectivity index is 1.49. The van der Waals surface area contributed by atoms with E-state index >= 15 is 0 Å². The number of benzene rings is 1. The minimum absolute atomic E-state index is 0.123. The van der Waals surface area contributed by atoms with E-state index in [2.05, 4.69) is 54.3 Å². The molecular weight excluding hydrogens is 392 g/mol. The Morgan fingerprint density at radius 2 is 1.93 bits per heavy atom. The number of ketones is 1. The summed E-state index contributed by atoms with van der Waals surface area (Å²) in [5.74, 6) is 0.892. The molecule has 2 aromatic rings. The summed E-state index contributed by atoms with van der Waals surface area (Å²) in [5.41, 5.74) is 2.63. The zero-order valence-corrected chi connectivity index (χ0v) is 18.9.